The highest BCUT2D eigenvalue weighted by Crippen LogP contribution is 2.31. The second kappa shape index (κ2) is 5.43. The van der Waals surface area contributed by atoms with Gasteiger partial charge >= 0.3 is 0 Å². The molecule has 0 fully saturated rings. The van der Waals surface area contributed by atoms with E-state index in [0.29, 0.717) is 6.54 Å². The molecule has 1 aliphatic rings. The molecule has 0 spiro atoms. The molecular weight excluding hydrogens is 288 g/mol. The minimum atomic E-state index is 0.0955. The lowest BCUT2D eigenvalue weighted by Crippen LogP contribution is -2.25. The van der Waals surface area contributed by atoms with Gasteiger partial charge in [-0.15, -0.1) is 0 Å². The van der Waals surface area contributed by atoms with E-state index in [1.165, 1.54) is 5.56 Å². The summed E-state index contributed by atoms with van der Waals surface area (Å²) >= 11 is 0. The van der Waals surface area contributed by atoms with Crippen molar-refractivity contribution in [3.63, 3.8) is 0 Å². The topological polar surface area (TPSA) is 61.0 Å². The molecule has 116 valence electrons. The third-order valence-electron chi connectivity index (χ3n) is 4.26. The molecule has 2 aromatic carbocycles. The molecule has 5 heteroatoms. The summed E-state index contributed by atoms with van der Waals surface area (Å²) in [5.74, 6) is 0.994. The second-order valence-corrected chi connectivity index (χ2v) is 5.82. The van der Waals surface area contributed by atoms with Gasteiger partial charge in [0.2, 0.25) is 5.91 Å². The molecule has 1 aliphatic heterocycles. The van der Waals surface area contributed by atoms with E-state index < -0.39 is 0 Å². The van der Waals surface area contributed by atoms with Crippen LogP contribution in [-0.2, 0) is 17.8 Å². The molecule has 0 bridgehead atoms. The third-order valence-corrected chi connectivity index (χ3v) is 4.26. The molecule has 3 aromatic rings. The minimum absolute atomic E-state index is 0.0955. The van der Waals surface area contributed by atoms with Crippen LogP contribution in [0, 0.1) is 0 Å². The van der Waals surface area contributed by atoms with Crippen molar-refractivity contribution in [2.24, 2.45) is 0 Å². The number of benzene rings is 2. The van der Waals surface area contributed by atoms with Crippen LogP contribution in [0.5, 0.6) is 0 Å². The Morgan fingerprint density at radius 3 is 3.00 bits per heavy atom. The number of anilines is 2. The van der Waals surface area contributed by atoms with Crippen LogP contribution in [0.25, 0.3) is 11.0 Å². The monoisotopic (exact) mass is 306 g/mol. The predicted molar refractivity (Wildman–Crippen MR) is 91.6 cm³/mol. The van der Waals surface area contributed by atoms with Crippen molar-refractivity contribution in [2.45, 2.75) is 19.9 Å². The number of aromatic amines is 1. The van der Waals surface area contributed by atoms with Crippen molar-refractivity contribution in [2.75, 3.05) is 16.8 Å². The zero-order chi connectivity index (χ0) is 15.8. The number of imidazole rings is 1. The first-order chi connectivity index (χ1) is 11.2. The van der Waals surface area contributed by atoms with Gasteiger partial charge in [-0.2, -0.15) is 0 Å². The lowest BCUT2D eigenvalue weighted by Gasteiger charge is -2.16. The summed E-state index contributed by atoms with van der Waals surface area (Å²) < 4.78 is 0. The number of nitrogens with one attached hydrogen (secondary N) is 2. The molecule has 0 radical (unpaired) electrons. The Balaban J connectivity index is 1.53. The molecule has 5 nitrogen and oxygen atoms in total. The number of amides is 1. The largest absolute Gasteiger partial charge is 0.378 e. The highest BCUT2D eigenvalue weighted by atomic mass is 16.2. The van der Waals surface area contributed by atoms with E-state index in [0.717, 1.165) is 41.2 Å². The molecule has 2 heterocycles. The first-order valence-electron chi connectivity index (χ1n) is 7.79. The zero-order valence-electron chi connectivity index (χ0n) is 13.0. The minimum Gasteiger partial charge on any atom is -0.378 e. The summed E-state index contributed by atoms with van der Waals surface area (Å²) in [7, 11) is 0. The van der Waals surface area contributed by atoms with E-state index in [2.05, 4.69) is 27.4 Å². The van der Waals surface area contributed by atoms with Crippen LogP contribution in [-0.4, -0.2) is 22.4 Å². The Labute approximate surface area is 134 Å². The van der Waals surface area contributed by atoms with Gasteiger partial charge in [0.15, 0.2) is 0 Å². The molecule has 0 aliphatic carbocycles. The van der Waals surface area contributed by atoms with Crippen LogP contribution in [0.4, 0.5) is 11.4 Å². The number of para-hydroxylation sites is 2. The van der Waals surface area contributed by atoms with E-state index in [1.54, 1.807) is 6.92 Å². The molecule has 0 unspecified atom stereocenters. The molecule has 0 atom stereocenters. The van der Waals surface area contributed by atoms with E-state index >= 15 is 0 Å². The van der Waals surface area contributed by atoms with Gasteiger partial charge in [-0.05, 0) is 36.2 Å². The van der Waals surface area contributed by atoms with Crippen molar-refractivity contribution in [3.05, 3.63) is 53.9 Å². The summed E-state index contributed by atoms with van der Waals surface area (Å²) in [6.07, 6.45) is 0.929. The predicted octanol–water partition coefficient (Wildman–Crippen LogP) is 3.08. The fraction of sp³-hybridized carbons (Fsp3) is 0.222. The standard InChI is InChI=1S/C18H18N4O/c1-12(23)22-9-8-13-6-7-14(10-17(13)22)19-11-18-20-15-4-2-3-5-16(15)21-18/h2-7,10,19H,8-9,11H2,1H3,(H,20,21). The number of nitrogens with zero attached hydrogens (tertiary/aromatic N) is 2. The smallest absolute Gasteiger partial charge is 0.223 e. The van der Waals surface area contributed by atoms with E-state index in [-0.39, 0.29) is 5.91 Å². The van der Waals surface area contributed by atoms with Crippen molar-refractivity contribution in [1.29, 1.82) is 0 Å². The summed E-state index contributed by atoms with van der Waals surface area (Å²) in [6, 6.07) is 14.2. The molecule has 4 rings (SSSR count). The third kappa shape index (κ3) is 2.54. The Bertz CT molecular complexity index is 851. The Hall–Kier alpha value is -2.82. The number of fused-ring (bicyclic) bond motifs is 2. The number of hydrogen-bond acceptors (Lipinski definition) is 3. The summed E-state index contributed by atoms with van der Waals surface area (Å²) in [4.78, 5) is 21.4. The van der Waals surface area contributed by atoms with Crippen molar-refractivity contribution in [3.8, 4) is 0 Å². The molecule has 1 amide bonds. The van der Waals surface area contributed by atoms with Crippen molar-refractivity contribution in [1.82, 2.24) is 9.97 Å². The van der Waals surface area contributed by atoms with Crippen LogP contribution < -0.4 is 10.2 Å². The Morgan fingerprint density at radius 1 is 1.30 bits per heavy atom. The van der Waals surface area contributed by atoms with E-state index in [9.17, 15) is 4.79 Å². The lowest BCUT2D eigenvalue weighted by atomic mass is 10.1. The SMILES string of the molecule is CC(=O)N1CCc2ccc(NCc3nc4ccccc4[nH]3)cc21. The van der Waals surface area contributed by atoms with Gasteiger partial charge in [-0.1, -0.05) is 18.2 Å². The Morgan fingerprint density at radius 2 is 2.17 bits per heavy atom. The van der Waals surface area contributed by atoms with Gasteiger partial charge in [0.05, 0.1) is 17.6 Å². The van der Waals surface area contributed by atoms with Gasteiger partial charge in [-0.25, -0.2) is 4.98 Å². The average molecular weight is 306 g/mol. The summed E-state index contributed by atoms with van der Waals surface area (Å²) in [5, 5.41) is 3.38. The summed E-state index contributed by atoms with van der Waals surface area (Å²) in [6.45, 7) is 3.01. The molecule has 1 aromatic heterocycles. The molecular formula is C18H18N4O. The number of carbonyl (C=O) groups is 1. The van der Waals surface area contributed by atoms with E-state index in [1.807, 2.05) is 35.2 Å². The average Bonchev–Trinajstić information content (AvgIpc) is 3.15. The molecule has 23 heavy (non-hydrogen) atoms. The maximum atomic E-state index is 11.7. The van der Waals surface area contributed by atoms with Gasteiger partial charge < -0.3 is 15.2 Å². The molecule has 0 saturated carbocycles. The summed E-state index contributed by atoms with van der Waals surface area (Å²) in [5.41, 5.74) is 5.26. The van der Waals surface area contributed by atoms with Gasteiger partial charge in [-0.3, -0.25) is 4.79 Å². The molecule has 2 N–H and O–H groups in total. The van der Waals surface area contributed by atoms with Gasteiger partial charge in [0.1, 0.15) is 5.82 Å². The fourth-order valence-electron chi connectivity index (χ4n) is 3.09. The molecule has 0 saturated heterocycles. The highest BCUT2D eigenvalue weighted by Gasteiger charge is 2.22. The maximum absolute atomic E-state index is 11.7. The van der Waals surface area contributed by atoms with Gasteiger partial charge in [0.25, 0.3) is 0 Å². The van der Waals surface area contributed by atoms with Crippen molar-refractivity contribution < 1.29 is 4.79 Å². The van der Waals surface area contributed by atoms with Crippen molar-refractivity contribution >= 4 is 28.3 Å². The fourth-order valence-corrected chi connectivity index (χ4v) is 3.09. The number of carbonyl (C=O) groups excluding carboxylic acids is 1. The Kier molecular flexibility index (Phi) is 3.26. The van der Waals surface area contributed by atoms with Crippen LogP contribution >= 0.6 is 0 Å². The maximum Gasteiger partial charge on any atom is 0.223 e. The lowest BCUT2D eigenvalue weighted by molar-refractivity contribution is -0.116. The zero-order valence-corrected chi connectivity index (χ0v) is 13.0. The first kappa shape index (κ1) is 13.8. The highest BCUT2D eigenvalue weighted by molar-refractivity contribution is 5.94. The number of hydrogen-bond donors (Lipinski definition) is 2. The number of H-pyrrole nitrogens is 1. The van der Waals surface area contributed by atoms with Crippen LogP contribution in [0.15, 0.2) is 42.5 Å². The van der Waals surface area contributed by atoms with Crippen LogP contribution in [0.2, 0.25) is 0 Å². The van der Waals surface area contributed by atoms with E-state index in [4.69, 9.17) is 0 Å². The second-order valence-electron chi connectivity index (χ2n) is 5.82. The normalized spacial score (nSPS) is 13.3. The number of aromatic nitrogens is 2. The van der Waals surface area contributed by atoms with Crippen LogP contribution in [0.1, 0.15) is 18.3 Å². The quantitative estimate of drug-likeness (QED) is 0.781. The van der Waals surface area contributed by atoms with Gasteiger partial charge in [0, 0.05) is 24.8 Å². The number of rotatable bonds is 3. The first-order valence-corrected chi connectivity index (χ1v) is 7.79. The van der Waals surface area contributed by atoms with Crippen LogP contribution in [0.3, 0.4) is 0 Å².